The monoisotopic (exact) mass is 620 g/mol. The van der Waals surface area contributed by atoms with Crippen molar-refractivity contribution in [2.75, 3.05) is 11.9 Å². The molecule has 0 spiro atoms. The molecular weight excluding hydrogens is 585 g/mol. The molecule has 1 aromatic heterocycles. The number of halogens is 3. The Balaban J connectivity index is 2.19. The zero-order chi connectivity index (χ0) is 32.2. The maximum atomic E-state index is 15.4. The van der Waals surface area contributed by atoms with E-state index in [-0.39, 0.29) is 34.9 Å². The Morgan fingerprint density at radius 2 is 1.49 bits per heavy atom. The van der Waals surface area contributed by atoms with E-state index in [0.717, 1.165) is 17.7 Å². The number of hydrogen-bond acceptors (Lipinski definition) is 8. The predicted octanol–water partition coefficient (Wildman–Crippen LogP) is 7.52. The Morgan fingerprint density at radius 3 is 2.00 bits per heavy atom. The summed E-state index contributed by atoms with van der Waals surface area (Å²) in [6.07, 6.45) is -0.800. The van der Waals surface area contributed by atoms with Crippen molar-refractivity contribution in [3.05, 3.63) is 76.1 Å². The summed E-state index contributed by atoms with van der Waals surface area (Å²) in [4.78, 5) is 28.6. The number of ketones is 1. The molecule has 43 heavy (non-hydrogen) atoms. The van der Waals surface area contributed by atoms with Gasteiger partial charge < -0.3 is 14.2 Å². The molecule has 0 saturated heterocycles. The van der Waals surface area contributed by atoms with Crippen LogP contribution in [0.3, 0.4) is 0 Å². The number of nitrogens with one attached hydrogen (secondary N) is 1. The molecule has 2 aromatic carbocycles. The highest BCUT2D eigenvalue weighted by atomic mass is 32.2. The molecule has 0 fully saturated rings. The average molecular weight is 621 g/mol. The van der Waals surface area contributed by atoms with Gasteiger partial charge in [0.15, 0.2) is 11.6 Å². The number of anilines is 2. The molecule has 0 aliphatic heterocycles. The van der Waals surface area contributed by atoms with Crippen LogP contribution in [0.4, 0.5) is 24.7 Å². The number of pyridine rings is 1. The number of carbonyl (C=O) groups is 2. The van der Waals surface area contributed by atoms with E-state index in [0.29, 0.717) is 23.3 Å². The Bertz CT molecular complexity index is 1610. The number of carbonyl (C=O) groups excluding carboxylic acids is 2. The summed E-state index contributed by atoms with van der Waals surface area (Å²) in [6, 6.07) is 6.70. The van der Waals surface area contributed by atoms with Gasteiger partial charge in [0.2, 0.25) is 0 Å². The van der Waals surface area contributed by atoms with Crippen LogP contribution in [-0.2, 0) is 19.6 Å². The van der Waals surface area contributed by atoms with Crippen molar-refractivity contribution in [1.82, 2.24) is 4.98 Å². The maximum absolute atomic E-state index is 15.4. The molecule has 0 atom stereocenters. The van der Waals surface area contributed by atoms with Gasteiger partial charge in [0.05, 0.1) is 17.9 Å². The molecule has 8 nitrogen and oxygen atoms in total. The minimum absolute atomic E-state index is 0.00978. The summed E-state index contributed by atoms with van der Waals surface area (Å²) in [5, 5.41) is 2.46. The molecule has 232 valence electrons. The molecule has 1 heterocycles. The van der Waals surface area contributed by atoms with Crippen LogP contribution in [0.1, 0.15) is 99.7 Å². The first-order chi connectivity index (χ1) is 20.0. The molecule has 3 aromatic rings. The van der Waals surface area contributed by atoms with E-state index in [4.69, 9.17) is 8.92 Å². The fraction of sp³-hybridized carbons (Fsp3) is 0.387. The van der Waals surface area contributed by atoms with Crippen LogP contribution in [0.15, 0.2) is 41.3 Å². The lowest BCUT2D eigenvalue weighted by atomic mass is 9.89. The van der Waals surface area contributed by atoms with Crippen LogP contribution >= 0.6 is 0 Å². The zero-order valence-electron chi connectivity index (χ0n) is 25.0. The topological polar surface area (TPSA) is 112 Å². The normalized spacial score (nSPS) is 11.7. The lowest BCUT2D eigenvalue weighted by Crippen LogP contribution is -2.19. The third-order valence-corrected chi connectivity index (χ3v) is 7.91. The number of Topliss-reactive ketones (excluding diaryl/α,β-unsaturated/α-hetero) is 1. The van der Waals surface area contributed by atoms with Crippen molar-refractivity contribution in [3.8, 4) is 5.88 Å². The lowest BCUT2D eigenvalue weighted by molar-refractivity contribution is -0.141. The highest BCUT2D eigenvalue weighted by Gasteiger charge is 2.31. The molecule has 0 radical (unpaired) electrons. The Kier molecular flexibility index (Phi) is 10.6. The second-order valence-corrected chi connectivity index (χ2v) is 12.3. The van der Waals surface area contributed by atoms with Crippen molar-refractivity contribution in [3.63, 3.8) is 0 Å². The number of nitrogens with zero attached hydrogens (tertiary/aromatic N) is 1. The van der Waals surface area contributed by atoms with Gasteiger partial charge in [0, 0.05) is 6.07 Å². The van der Waals surface area contributed by atoms with Crippen molar-refractivity contribution < 1.29 is 40.1 Å². The SMILES string of the molecule is CCOC(=O)CC(=O)c1cc(F)c(OS(=O)(=O)c2c(C(C)C)cc(C(C)C)cc2C(C)C)nc1Nc1ccc(F)cc1F. The molecular formula is C31H35F3N2O6S. The minimum Gasteiger partial charge on any atom is -0.466 e. The van der Waals surface area contributed by atoms with Crippen LogP contribution in [-0.4, -0.2) is 31.8 Å². The quantitative estimate of drug-likeness (QED) is 0.0958. The summed E-state index contributed by atoms with van der Waals surface area (Å²) >= 11 is 0. The first-order valence-corrected chi connectivity index (χ1v) is 15.2. The molecule has 0 aliphatic carbocycles. The van der Waals surface area contributed by atoms with Crippen LogP contribution in [0.2, 0.25) is 0 Å². The van der Waals surface area contributed by atoms with Gasteiger partial charge in [-0.3, -0.25) is 9.59 Å². The standard InChI is InChI=1S/C31H35F3N2O6S/c1-8-41-28(38)15-27(37)23-14-25(34)31(36-30(23)35-26-10-9-20(32)13-24(26)33)42-43(39,40)29-21(17(4)5)11-19(16(2)3)12-22(29)18(6)7/h9-14,16-18H,8,15H2,1-7H3,(H,35,36). The summed E-state index contributed by atoms with van der Waals surface area (Å²) in [6.45, 7) is 12.8. The van der Waals surface area contributed by atoms with E-state index in [9.17, 15) is 26.8 Å². The number of rotatable bonds is 12. The van der Waals surface area contributed by atoms with Gasteiger partial charge in [-0.25, -0.2) is 13.2 Å². The third-order valence-electron chi connectivity index (χ3n) is 6.56. The van der Waals surface area contributed by atoms with Crippen LogP contribution in [0.25, 0.3) is 0 Å². The fourth-order valence-electron chi connectivity index (χ4n) is 4.32. The third kappa shape index (κ3) is 7.92. The number of ether oxygens (including phenoxy) is 1. The molecule has 12 heteroatoms. The maximum Gasteiger partial charge on any atom is 0.341 e. The van der Waals surface area contributed by atoms with E-state index >= 15 is 4.39 Å². The Hall–Kier alpha value is -3.93. The van der Waals surface area contributed by atoms with Crippen molar-refractivity contribution in [1.29, 1.82) is 0 Å². The van der Waals surface area contributed by atoms with E-state index in [1.54, 1.807) is 12.1 Å². The van der Waals surface area contributed by atoms with E-state index in [2.05, 4.69) is 10.3 Å². The summed E-state index contributed by atoms with van der Waals surface area (Å²) in [5.41, 5.74) is 1.01. The number of hydrogen-bond donors (Lipinski definition) is 1. The van der Waals surface area contributed by atoms with Gasteiger partial charge in [0.25, 0.3) is 5.88 Å². The molecule has 0 aliphatic rings. The molecule has 0 amide bonds. The van der Waals surface area contributed by atoms with Crippen LogP contribution < -0.4 is 9.50 Å². The first-order valence-electron chi connectivity index (χ1n) is 13.8. The van der Waals surface area contributed by atoms with Crippen LogP contribution in [0.5, 0.6) is 5.88 Å². The second kappa shape index (κ2) is 13.6. The molecule has 0 bridgehead atoms. The summed E-state index contributed by atoms with van der Waals surface area (Å²) in [7, 11) is -4.71. The number of esters is 1. The lowest BCUT2D eigenvalue weighted by Gasteiger charge is -2.22. The summed E-state index contributed by atoms with van der Waals surface area (Å²) in [5.74, 6) is -7.05. The van der Waals surface area contributed by atoms with Gasteiger partial charge in [-0.15, -0.1) is 0 Å². The predicted molar refractivity (Wildman–Crippen MR) is 156 cm³/mol. The zero-order valence-corrected chi connectivity index (χ0v) is 25.9. The number of aromatic nitrogens is 1. The second-order valence-electron chi connectivity index (χ2n) is 10.9. The highest BCUT2D eigenvalue weighted by Crippen LogP contribution is 2.37. The van der Waals surface area contributed by atoms with Gasteiger partial charge in [-0.05, 0) is 59.6 Å². The molecule has 1 N–H and O–H groups in total. The smallest absolute Gasteiger partial charge is 0.341 e. The fourth-order valence-corrected chi connectivity index (χ4v) is 5.89. The minimum atomic E-state index is -4.71. The van der Waals surface area contributed by atoms with Gasteiger partial charge in [-0.2, -0.15) is 13.4 Å². The van der Waals surface area contributed by atoms with E-state index < -0.39 is 63.0 Å². The van der Waals surface area contributed by atoms with Gasteiger partial charge in [-0.1, -0.05) is 53.7 Å². The molecule has 3 rings (SSSR count). The number of benzene rings is 2. The largest absolute Gasteiger partial charge is 0.466 e. The Morgan fingerprint density at radius 1 is 0.884 bits per heavy atom. The highest BCUT2D eigenvalue weighted by molar-refractivity contribution is 7.87. The van der Waals surface area contributed by atoms with Crippen molar-refractivity contribution >= 4 is 33.4 Å². The van der Waals surface area contributed by atoms with Gasteiger partial charge in [0.1, 0.15) is 28.8 Å². The van der Waals surface area contributed by atoms with Crippen molar-refractivity contribution in [2.24, 2.45) is 0 Å². The summed E-state index contributed by atoms with van der Waals surface area (Å²) < 4.78 is 81.1. The van der Waals surface area contributed by atoms with Gasteiger partial charge >= 0.3 is 16.1 Å². The van der Waals surface area contributed by atoms with Crippen LogP contribution in [0, 0.1) is 17.5 Å². The van der Waals surface area contributed by atoms with Crippen molar-refractivity contribution in [2.45, 2.75) is 77.5 Å². The molecule has 0 unspecified atom stereocenters. The Labute approximate surface area is 249 Å². The molecule has 0 saturated carbocycles. The average Bonchev–Trinajstić information content (AvgIpc) is 2.90. The van der Waals surface area contributed by atoms with E-state index in [1.807, 2.05) is 41.5 Å². The first kappa shape index (κ1) is 33.6. The van der Waals surface area contributed by atoms with E-state index in [1.165, 1.54) is 6.92 Å².